The number of benzene rings is 1. The third-order valence-corrected chi connectivity index (χ3v) is 2.43. The first-order valence-corrected chi connectivity index (χ1v) is 5.30. The molecule has 0 spiro atoms. The van der Waals surface area contributed by atoms with E-state index in [-0.39, 0.29) is 6.61 Å². The zero-order valence-electron chi connectivity index (χ0n) is 9.55. The van der Waals surface area contributed by atoms with E-state index in [0.29, 0.717) is 17.7 Å². The molecule has 1 aromatic carbocycles. The number of aliphatic carboxylic acids is 1. The van der Waals surface area contributed by atoms with Crippen LogP contribution in [0.2, 0.25) is 0 Å². The van der Waals surface area contributed by atoms with Crippen molar-refractivity contribution in [2.24, 2.45) is 11.7 Å². The van der Waals surface area contributed by atoms with E-state index >= 15 is 0 Å². The number of carboxylic acid groups (broad SMARTS) is 1. The van der Waals surface area contributed by atoms with Gasteiger partial charge in [-0.1, -0.05) is 6.92 Å². The molecule has 0 saturated carbocycles. The maximum atomic E-state index is 10.8. The molecule has 0 aliphatic rings. The Morgan fingerprint density at radius 2 is 1.94 bits per heavy atom. The first kappa shape index (κ1) is 13.0. The molecular formula is C12H15NO4. The van der Waals surface area contributed by atoms with Crippen LogP contribution < -0.4 is 10.5 Å². The van der Waals surface area contributed by atoms with Crippen LogP contribution in [0.15, 0.2) is 24.3 Å². The quantitative estimate of drug-likeness (QED) is 0.779. The molecule has 5 heteroatoms. The third kappa shape index (κ3) is 3.79. The molecule has 0 aliphatic heterocycles. The Morgan fingerprint density at radius 3 is 2.35 bits per heavy atom. The molecule has 92 valence electrons. The summed E-state index contributed by atoms with van der Waals surface area (Å²) in [6.07, 6.45) is 0.509. The summed E-state index contributed by atoms with van der Waals surface area (Å²) < 4.78 is 5.32. The Balaban J connectivity index is 2.58. The Bertz CT molecular complexity index is 399. The Kier molecular flexibility index (Phi) is 4.51. The van der Waals surface area contributed by atoms with E-state index in [1.807, 2.05) is 0 Å². The second-order valence-electron chi connectivity index (χ2n) is 3.64. The van der Waals surface area contributed by atoms with E-state index in [1.165, 1.54) is 0 Å². The first-order chi connectivity index (χ1) is 8.04. The Labute approximate surface area is 99.2 Å². The van der Waals surface area contributed by atoms with Crippen LogP contribution >= 0.6 is 0 Å². The number of nitrogens with two attached hydrogens (primary N) is 1. The van der Waals surface area contributed by atoms with Gasteiger partial charge in [0.2, 0.25) is 5.91 Å². The van der Waals surface area contributed by atoms with Crippen LogP contribution in [-0.2, 0) is 4.79 Å². The molecular weight excluding hydrogens is 222 g/mol. The summed E-state index contributed by atoms with van der Waals surface area (Å²) >= 11 is 0. The number of carbonyl (C=O) groups excluding carboxylic acids is 1. The molecule has 0 saturated heterocycles. The van der Waals surface area contributed by atoms with Crippen LogP contribution in [0.4, 0.5) is 0 Å². The van der Waals surface area contributed by atoms with Crippen molar-refractivity contribution in [1.29, 1.82) is 0 Å². The van der Waals surface area contributed by atoms with Crippen molar-refractivity contribution < 1.29 is 19.4 Å². The lowest BCUT2D eigenvalue weighted by Gasteiger charge is -2.11. The molecule has 0 aliphatic carbocycles. The molecule has 1 aromatic rings. The number of hydrogen-bond acceptors (Lipinski definition) is 3. The second-order valence-corrected chi connectivity index (χ2v) is 3.64. The van der Waals surface area contributed by atoms with E-state index in [2.05, 4.69) is 0 Å². The van der Waals surface area contributed by atoms with Crippen LogP contribution in [-0.4, -0.2) is 23.6 Å². The van der Waals surface area contributed by atoms with Gasteiger partial charge in [0.1, 0.15) is 12.4 Å². The highest BCUT2D eigenvalue weighted by Crippen LogP contribution is 2.14. The van der Waals surface area contributed by atoms with E-state index < -0.39 is 17.8 Å². The van der Waals surface area contributed by atoms with Gasteiger partial charge in [-0.25, -0.2) is 0 Å². The van der Waals surface area contributed by atoms with Gasteiger partial charge in [0.25, 0.3) is 0 Å². The van der Waals surface area contributed by atoms with E-state index in [4.69, 9.17) is 15.6 Å². The SMILES string of the molecule is CCC(COc1ccc(C(N)=O)cc1)C(=O)O. The largest absolute Gasteiger partial charge is 0.493 e. The van der Waals surface area contributed by atoms with Crippen molar-refractivity contribution in [3.05, 3.63) is 29.8 Å². The van der Waals surface area contributed by atoms with Crippen LogP contribution in [0.3, 0.4) is 0 Å². The molecule has 1 unspecified atom stereocenters. The minimum absolute atomic E-state index is 0.113. The van der Waals surface area contributed by atoms with Crippen molar-refractivity contribution in [1.82, 2.24) is 0 Å². The third-order valence-electron chi connectivity index (χ3n) is 2.43. The fourth-order valence-corrected chi connectivity index (χ4v) is 1.28. The average molecular weight is 237 g/mol. The number of hydrogen-bond donors (Lipinski definition) is 2. The molecule has 0 fully saturated rings. The molecule has 17 heavy (non-hydrogen) atoms. The fraction of sp³-hybridized carbons (Fsp3) is 0.333. The zero-order chi connectivity index (χ0) is 12.8. The summed E-state index contributed by atoms with van der Waals surface area (Å²) in [5, 5.41) is 8.83. The first-order valence-electron chi connectivity index (χ1n) is 5.30. The highest BCUT2D eigenvalue weighted by atomic mass is 16.5. The zero-order valence-corrected chi connectivity index (χ0v) is 9.55. The van der Waals surface area contributed by atoms with Gasteiger partial charge in [0.15, 0.2) is 0 Å². The summed E-state index contributed by atoms with van der Waals surface area (Å²) in [6, 6.07) is 6.27. The normalized spacial score (nSPS) is 11.8. The summed E-state index contributed by atoms with van der Waals surface area (Å²) in [5.74, 6) is -1.38. The molecule has 0 bridgehead atoms. The smallest absolute Gasteiger partial charge is 0.309 e. The lowest BCUT2D eigenvalue weighted by Crippen LogP contribution is -2.20. The van der Waals surface area contributed by atoms with Gasteiger partial charge < -0.3 is 15.6 Å². The minimum atomic E-state index is -0.874. The molecule has 1 rings (SSSR count). The highest BCUT2D eigenvalue weighted by Gasteiger charge is 2.15. The van der Waals surface area contributed by atoms with Gasteiger partial charge in [0, 0.05) is 5.56 Å². The minimum Gasteiger partial charge on any atom is -0.493 e. The molecule has 0 radical (unpaired) electrons. The molecule has 0 heterocycles. The van der Waals surface area contributed by atoms with E-state index in [0.717, 1.165) is 0 Å². The van der Waals surface area contributed by atoms with Crippen LogP contribution in [0.1, 0.15) is 23.7 Å². The number of rotatable bonds is 6. The number of primary amides is 1. The van der Waals surface area contributed by atoms with Crippen molar-refractivity contribution in [3.63, 3.8) is 0 Å². The molecule has 5 nitrogen and oxygen atoms in total. The Hall–Kier alpha value is -2.04. The number of ether oxygens (including phenoxy) is 1. The maximum Gasteiger partial charge on any atom is 0.309 e. The van der Waals surface area contributed by atoms with Crippen molar-refractivity contribution in [2.75, 3.05) is 6.61 Å². The predicted octanol–water partition coefficient (Wildman–Crippen LogP) is 1.28. The maximum absolute atomic E-state index is 10.8. The predicted molar refractivity (Wildman–Crippen MR) is 61.9 cm³/mol. The summed E-state index contributed by atoms with van der Waals surface area (Å²) in [7, 11) is 0. The van der Waals surface area contributed by atoms with Gasteiger partial charge >= 0.3 is 5.97 Å². The van der Waals surface area contributed by atoms with Gasteiger partial charge in [-0.3, -0.25) is 9.59 Å². The van der Waals surface area contributed by atoms with Gasteiger partial charge in [-0.05, 0) is 30.7 Å². The van der Waals surface area contributed by atoms with Crippen molar-refractivity contribution in [3.8, 4) is 5.75 Å². The fourth-order valence-electron chi connectivity index (χ4n) is 1.28. The molecule has 3 N–H and O–H groups in total. The van der Waals surface area contributed by atoms with Gasteiger partial charge in [-0.2, -0.15) is 0 Å². The monoisotopic (exact) mass is 237 g/mol. The van der Waals surface area contributed by atoms with Crippen molar-refractivity contribution >= 4 is 11.9 Å². The Morgan fingerprint density at radius 1 is 1.35 bits per heavy atom. The van der Waals surface area contributed by atoms with Crippen LogP contribution in [0, 0.1) is 5.92 Å². The highest BCUT2D eigenvalue weighted by molar-refractivity contribution is 5.92. The van der Waals surface area contributed by atoms with Gasteiger partial charge in [0.05, 0.1) is 5.92 Å². The second kappa shape index (κ2) is 5.89. The van der Waals surface area contributed by atoms with Crippen molar-refractivity contribution in [2.45, 2.75) is 13.3 Å². The van der Waals surface area contributed by atoms with E-state index in [9.17, 15) is 9.59 Å². The van der Waals surface area contributed by atoms with Gasteiger partial charge in [-0.15, -0.1) is 0 Å². The standard InChI is InChI=1S/C12H15NO4/c1-2-8(12(15)16)7-17-10-5-3-9(4-6-10)11(13)14/h3-6,8H,2,7H2,1H3,(H2,13,14)(H,15,16). The summed E-state index contributed by atoms with van der Waals surface area (Å²) in [4.78, 5) is 21.6. The molecule has 1 atom stereocenters. The molecule has 0 aromatic heterocycles. The van der Waals surface area contributed by atoms with Crippen LogP contribution in [0.25, 0.3) is 0 Å². The molecule has 1 amide bonds. The summed E-state index contributed by atoms with van der Waals surface area (Å²) in [5.41, 5.74) is 5.48. The number of amides is 1. The average Bonchev–Trinajstić information content (AvgIpc) is 2.30. The lowest BCUT2D eigenvalue weighted by atomic mass is 10.1. The topological polar surface area (TPSA) is 89.6 Å². The van der Waals surface area contributed by atoms with Crippen LogP contribution in [0.5, 0.6) is 5.75 Å². The lowest BCUT2D eigenvalue weighted by molar-refractivity contribution is -0.142. The number of carboxylic acids is 1. The summed E-state index contributed by atoms with van der Waals surface area (Å²) in [6.45, 7) is 1.90. The number of carbonyl (C=O) groups is 2. The van der Waals surface area contributed by atoms with E-state index in [1.54, 1.807) is 31.2 Å².